The summed E-state index contributed by atoms with van der Waals surface area (Å²) in [7, 11) is 1.49. The average molecular weight is 264 g/mol. The molecule has 100 valence electrons. The second-order valence-electron chi connectivity index (χ2n) is 4.06. The Hall–Kier alpha value is -2.64. The molecule has 0 saturated heterocycles. The fraction of sp³-hybridized carbons (Fsp3) is 0.273. The van der Waals surface area contributed by atoms with E-state index in [4.69, 9.17) is 5.11 Å². The van der Waals surface area contributed by atoms with Gasteiger partial charge in [-0.25, -0.2) is 14.6 Å². The highest BCUT2D eigenvalue weighted by Gasteiger charge is 2.13. The first-order valence-corrected chi connectivity index (χ1v) is 5.47. The van der Waals surface area contributed by atoms with E-state index in [0.29, 0.717) is 0 Å². The molecule has 0 fully saturated rings. The van der Waals surface area contributed by atoms with E-state index < -0.39 is 17.2 Å². The van der Waals surface area contributed by atoms with Gasteiger partial charge in [-0.2, -0.15) is 0 Å². The molecule has 0 aliphatic rings. The topological polar surface area (TPSA) is 110 Å². The molecule has 0 bridgehead atoms. The molecule has 0 amide bonds. The Balaban J connectivity index is 2.49. The number of nitrogens with zero attached hydrogens (tertiary/aromatic N) is 3. The Morgan fingerprint density at radius 3 is 2.84 bits per heavy atom. The number of carboxylic acids is 1. The van der Waals surface area contributed by atoms with E-state index in [-0.39, 0.29) is 29.7 Å². The van der Waals surface area contributed by atoms with Crippen LogP contribution in [0.1, 0.15) is 6.42 Å². The molecule has 0 aromatic carbocycles. The van der Waals surface area contributed by atoms with E-state index in [9.17, 15) is 14.4 Å². The number of aryl methyl sites for hydroxylation is 1. The van der Waals surface area contributed by atoms with Gasteiger partial charge in [0, 0.05) is 19.2 Å². The van der Waals surface area contributed by atoms with Crippen LogP contribution in [0, 0.1) is 0 Å². The van der Waals surface area contributed by atoms with Crippen molar-refractivity contribution in [3.05, 3.63) is 39.3 Å². The second-order valence-corrected chi connectivity index (χ2v) is 4.06. The lowest BCUT2D eigenvalue weighted by Crippen LogP contribution is -2.39. The summed E-state index contributed by atoms with van der Waals surface area (Å²) < 4.78 is 2.20. The van der Waals surface area contributed by atoms with Crippen molar-refractivity contribution in [3.63, 3.8) is 0 Å². The molecule has 0 radical (unpaired) electrons. The van der Waals surface area contributed by atoms with Gasteiger partial charge in [-0.15, -0.1) is 0 Å². The minimum atomic E-state index is -1.15. The van der Waals surface area contributed by atoms with Gasteiger partial charge in [-0.3, -0.25) is 13.9 Å². The summed E-state index contributed by atoms with van der Waals surface area (Å²) in [5.41, 5.74) is -0.637. The maximum absolute atomic E-state index is 12.0. The van der Waals surface area contributed by atoms with Gasteiger partial charge in [0.25, 0.3) is 5.56 Å². The third kappa shape index (κ3) is 2.07. The number of aromatic amines is 1. The van der Waals surface area contributed by atoms with Crippen molar-refractivity contribution in [2.45, 2.75) is 13.0 Å². The summed E-state index contributed by atoms with van der Waals surface area (Å²) in [5, 5.41) is 8.71. The minimum Gasteiger partial charge on any atom is -0.478 e. The molecule has 2 rings (SSSR count). The zero-order valence-electron chi connectivity index (χ0n) is 10.2. The number of imidazole rings is 1. The molecule has 8 nitrogen and oxygen atoms in total. The molecular formula is C11H12N4O4. The van der Waals surface area contributed by atoms with Crippen LogP contribution in [0.3, 0.4) is 0 Å². The van der Waals surface area contributed by atoms with E-state index in [2.05, 4.69) is 16.5 Å². The van der Waals surface area contributed by atoms with E-state index in [0.717, 1.165) is 4.57 Å². The van der Waals surface area contributed by atoms with Crippen molar-refractivity contribution in [2.24, 2.45) is 7.05 Å². The van der Waals surface area contributed by atoms with Crippen molar-refractivity contribution >= 4 is 17.1 Å². The molecule has 19 heavy (non-hydrogen) atoms. The number of nitrogens with one attached hydrogen (secondary N) is 1. The van der Waals surface area contributed by atoms with Gasteiger partial charge in [-0.05, 0) is 6.42 Å². The predicted molar refractivity (Wildman–Crippen MR) is 67.0 cm³/mol. The first-order chi connectivity index (χ1) is 8.93. The van der Waals surface area contributed by atoms with E-state index in [1.807, 2.05) is 0 Å². The summed E-state index contributed by atoms with van der Waals surface area (Å²) in [6, 6.07) is 0. The number of aromatic nitrogens is 4. The Kier molecular flexibility index (Phi) is 3.07. The zero-order chi connectivity index (χ0) is 14.2. The first kappa shape index (κ1) is 12.8. The number of hydrogen-bond donors (Lipinski definition) is 2. The van der Waals surface area contributed by atoms with Crippen LogP contribution in [0.25, 0.3) is 11.2 Å². The summed E-state index contributed by atoms with van der Waals surface area (Å²) >= 11 is 0. The largest absolute Gasteiger partial charge is 0.478 e. The Bertz CT molecular complexity index is 780. The number of carboxylic acid groups (broad SMARTS) is 1. The lowest BCUT2D eigenvalue weighted by Gasteiger charge is -2.07. The Labute approximate surface area is 106 Å². The fourth-order valence-electron chi connectivity index (χ4n) is 1.74. The van der Waals surface area contributed by atoms with Gasteiger partial charge in [0.1, 0.15) is 5.52 Å². The van der Waals surface area contributed by atoms with Crippen LogP contribution in [0.15, 0.2) is 28.1 Å². The standard InChI is InChI=1S/C11H12N4O4/c1-6(10(17)18)3-4-15-9(16)7-8(13-5-12-7)14(2)11(15)19/h5H,1,3-4H2,2H3,(H,12,13)(H,17,18). The van der Waals surface area contributed by atoms with Crippen molar-refractivity contribution in [1.82, 2.24) is 19.1 Å². The normalized spacial score (nSPS) is 10.8. The van der Waals surface area contributed by atoms with Crippen molar-refractivity contribution in [2.75, 3.05) is 0 Å². The van der Waals surface area contributed by atoms with Crippen LogP contribution >= 0.6 is 0 Å². The number of aliphatic carboxylic acids is 1. The number of carbonyl (C=O) groups is 1. The highest BCUT2D eigenvalue weighted by Crippen LogP contribution is 2.02. The maximum Gasteiger partial charge on any atom is 0.332 e. The lowest BCUT2D eigenvalue weighted by atomic mass is 10.2. The molecule has 2 aromatic rings. The summed E-state index contributed by atoms with van der Waals surface area (Å²) in [5.74, 6) is -1.15. The number of fused-ring (bicyclic) bond motifs is 1. The first-order valence-electron chi connectivity index (χ1n) is 5.47. The zero-order valence-corrected chi connectivity index (χ0v) is 10.2. The van der Waals surface area contributed by atoms with Gasteiger partial charge >= 0.3 is 11.7 Å². The smallest absolute Gasteiger partial charge is 0.332 e. The molecule has 2 aromatic heterocycles. The van der Waals surface area contributed by atoms with Crippen LogP contribution in [0.4, 0.5) is 0 Å². The van der Waals surface area contributed by atoms with E-state index >= 15 is 0 Å². The fourth-order valence-corrected chi connectivity index (χ4v) is 1.74. The van der Waals surface area contributed by atoms with Crippen molar-refractivity contribution in [3.8, 4) is 0 Å². The quantitative estimate of drug-likeness (QED) is 0.720. The monoisotopic (exact) mass is 264 g/mol. The minimum absolute atomic E-state index is 0.0180. The third-order valence-electron chi connectivity index (χ3n) is 2.85. The Morgan fingerprint density at radius 2 is 2.21 bits per heavy atom. The number of hydrogen-bond acceptors (Lipinski definition) is 4. The van der Waals surface area contributed by atoms with Gasteiger partial charge in [0.15, 0.2) is 5.65 Å². The molecule has 8 heteroatoms. The Morgan fingerprint density at radius 1 is 1.53 bits per heavy atom. The third-order valence-corrected chi connectivity index (χ3v) is 2.85. The van der Waals surface area contributed by atoms with Crippen LogP contribution in [-0.2, 0) is 18.4 Å². The maximum atomic E-state index is 12.0. The number of rotatable bonds is 4. The van der Waals surface area contributed by atoms with Gasteiger partial charge in [-0.1, -0.05) is 6.58 Å². The highest BCUT2D eigenvalue weighted by molar-refractivity contribution is 5.85. The van der Waals surface area contributed by atoms with Crippen molar-refractivity contribution < 1.29 is 9.90 Å². The molecule has 0 aliphatic carbocycles. The van der Waals surface area contributed by atoms with Crippen LogP contribution in [0.2, 0.25) is 0 Å². The molecule has 0 unspecified atom stereocenters. The van der Waals surface area contributed by atoms with Crippen molar-refractivity contribution in [1.29, 1.82) is 0 Å². The average Bonchev–Trinajstić information content (AvgIpc) is 2.85. The predicted octanol–water partition coefficient (Wildman–Crippen LogP) is -0.546. The number of H-pyrrole nitrogens is 1. The SMILES string of the molecule is C=C(CCn1c(=O)c2[nH]cnc2n(C)c1=O)C(=O)O. The molecule has 2 N–H and O–H groups in total. The molecule has 0 atom stereocenters. The van der Waals surface area contributed by atoms with Gasteiger partial charge < -0.3 is 10.1 Å². The molecular weight excluding hydrogens is 252 g/mol. The highest BCUT2D eigenvalue weighted by atomic mass is 16.4. The van der Waals surface area contributed by atoms with Crippen LogP contribution < -0.4 is 11.2 Å². The molecule has 0 saturated carbocycles. The van der Waals surface area contributed by atoms with Crippen LogP contribution in [-0.4, -0.2) is 30.2 Å². The molecule has 0 spiro atoms. The lowest BCUT2D eigenvalue weighted by molar-refractivity contribution is -0.132. The summed E-state index contributed by atoms with van der Waals surface area (Å²) in [4.78, 5) is 41.2. The summed E-state index contributed by atoms with van der Waals surface area (Å²) in [6.07, 6.45) is 1.34. The van der Waals surface area contributed by atoms with Gasteiger partial charge in [0.05, 0.1) is 6.33 Å². The summed E-state index contributed by atoms with van der Waals surface area (Å²) in [6.45, 7) is 3.32. The molecule has 2 heterocycles. The second kappa shape index (κ2) is 4.56. The molecule has 0 aliphatic heterocycles. The van der Waals surface area contributed by atoms with Crippen LogP contribution in [0.5, 0.6) is 0 Å². The van der Waals surface area contributed by atoms with E-state index in [1.165, 1.54) is 17.9 Å². The van der Waals surface area contributed by atoms with Gasteiger partial charge in [0.2, 0.25) is 0 Å². The van der Waals surface area contributed by atoms with E-state index in [1.54, 1.807) is 0 Å².